The number of esters is 3. The highest BCUT2D eigenvalue weighted by atomic mass is 16.7. The summed E-state index contributed by atoms with van der Waals surface area (Å²) in [6, 6.07) is 5.98. The second kappa shape index (κ2) is 13.9. The third kappa shape index (κ3) is 7.01. The van der Waals surface area contributed by atoms with Crippen molar-refractivity contribution in [2.75, 3.05) is 6.61 Å². The van der Waals surface area contributed by atoms with Gasteiger partial charge in [-0.25, -0.2) is 9.59 Å². The van der Waals surface area contributed by atoms with Crippen LogP contribution in [0.15, 0.2) is 60.7 Å². The van der Waals surface area contributed by atoms with Crippen molar-refractivity contribution in [3.63, 3.8) is 0 Å². The molecule has 0 amide bonds. The molecule has 2 aliphatic carbocycles. The Balaban J connectivity index is 1.27. The summed E-state index contributed by atoms with van der Waals surface area (Å²) in [6.45, 7) is 15.3. The van der Waals surface area contributed by atoms with Gasteiger partial charge in [-0.15, -0.1) is 0 Å². The maximum atomic E-state index is 12.7. The quantitative estimate of drug-likeness (QED) is 0.108. The number of phenols is 1. The first kappa shape index (κ1) is 34.7. The van der Waals surface area contributed by atoms with Crippen molar-refractivity contribution in [2.45, 2.75) is 88.2 Å². The van der Waals surface area contributed by atoms with Gasteiger partial charge in [0.1, 0.15) is 49.0 Å². The zero-order chi connectivity index (χ0) is 34.3. The summed E-state index contributed by atoms with van der Waals surface area (Å²) in [7, 11) is 0. The van der Waals surface area contributed by atoms with E-state index in [1.54, 1.807) is 26.0 Å². The molecular formula is C34H42O13. The van der Waals surface area contributed by atoms with Crippen LogP contribution in [0.2, 0.25) is 0 Å². The van der Waals surface area contributed by atoms with Crippen LogP contribution < -0.4 is 0 Å². The lowest BCUT2D eigenvalue weighted by molar-refractivity contribution is -0.308. The lowest BCUT2D eigenvalue weighted by atomic mass is 9.81. The number of aliphatic hydroxyl groups is 4. The van der Waals surface area contributed by atoms with Crippen molar-refractivity contribution < 1.29 is 63.6 Å². The van der Waals surface area contributed by atoms with E-state index in [0.717, 1.165) is 0 Å². The van der Waals surface area contributed by atoms with Crippen molar-refractivity contribution in [2.24, 2.45) is 23.7 Å². The Morgan fingerprint density at radius 2 is 1.70 bits per heavy atom. The van der Waals surface area contributed by atoms with Gasteiger partial charge in [0, 0.05) is 17.9 Å². The second-order valence-electron chi connectivity index (χ2n) is 13.1. The number of rotatable bonds is 9. The summed E-state index contributed by atoms with van der Waals surface area (Å²) >= 11 is 0. The van der Waals surface area contributed by atoms with E-state index in [0.29, 0.717) is 16.7 Å². The Morgan fingerprint density at radius 1 is 1.02 bits per heavy atom. The molecule has 0 bridgehead atoms. The van der Waals surface area contributed by atoms with Crippen LogP contribution in [0.1, 0.15) is 32.3 Å². The van der Waals surface area contributed by atoms with Crippen molar-refractivity contribution in [3.8, 4) is 5.75 Å². The molecule has 4 aliphatic rings. The molecule has 5 N–H and O–H groups in total. The summed E-state index contributed by atoms with van der Waals surface area (Å²) in [4.78, 5) is 37.9. The van der Waals surface area contributed by atoms with Gasteiger partial charge in [0.2, 0.25) is 0 Å². The van der Waals surface area contributed by atoms with E-state index < -0.39 is 91.5 Å². The normalized spacial score (nSPS) is 35.9. The number of phenolic OH excluding ortho intramolecular Hbond substituents is 1. The molecule has 1 aromatic rings. The monoisotopic (exact) mass is 658 g/mol. The predicted octanol–water partition coefficient (Wildman–Crippen LogP) is 0.849. The van der Waals surface area contributed by atoms with E-state index >= 15 is 0 Å². The van der Waals surface area contributed by atoms with Crippen LogP contribution in [-0.2, 0) is 44.5 Å². The smallest absolute Gasteiger partial charge is 0.335 e. The van der Waals surface area contributed by atoms with Crippen LogP contribution in [0.5, 0.6) is 5.75 Å². The van der Waals surface area contributed by atoms with E-state index in [1.165, 1.54) is 12.1 Å². The standard InChI is InChI=1S/C34H42O13/c1-14(2)27(37)33(42)44-22-10-15(3)20-12-21(16(4)25(20)31-26(22)17(5)32(41)47-31)45-34-30(40)29(39)28(38)23(46-34)13-43-24(36)11-18-6-8-19(35)9-7-18/h6-9,14,20-23,25-31,34-35,37-40H,3-5,10-13H2,1-2H3/t20-,21-,22+,23+,25-,26+,27+,28+,29-,30+,31+,34+/m0/s1. The molecule has 0 radical (unpaired) electrons. The first-order valence-electron chi connectivity index (χ1n) is 15.6. The molecule has 5 rings (SSSR count). The lowest BCUT2D eigenvalue weighted by Gasteiger charge is -2.41. The molecule has 13 nitrogen and oxygen atoms in total. The SMILES string of the molecule is C=C1C(=O)O[C@@H]2[C@H]3C(=C)[C@@H](O[C@@H]4O[C@H](COC(=O)Cc5ccc(O)cc5)[C@@H](O)[C@H](O)[C@H]4O)C[C@H]3C(=C)C[C@@H](OC(=O)[C@H](O)C(C)C)[C@@H]12. The number of aromatic hydroxyl groups is 1. The van der Waals surface area contributed by atoms with Gasteiger partial charge in [-0.1, -0.05) is 51.3 Å². The minimum atomic E-state index is -1.69. The molecule has 1 aromatic carbocycles. The van der Waals surface area contributed by atoms with Gasteiger partial charge in [-0.2, -0.15) is 0 Å². The summed E-state index contributed by atoms with van der Waals surface area (Å²) in [5, 5.41) is 51.6. The number of benzene rings is 1. The highest BCUT2D eigenvalue weighted by Crippen LogP contribution is 2.53. The number of aliphatic hydroxyl groups excluding tert-OH is 4. The van der Waals surface area contributed by atoms with Gasteiger partial charge in [0.15, 0.2) is 12.4 Å². The Kier molecular flexibility index (Phi) is 10.3. The van der Waals surface area contributed by atoms with E-state index in [1.807, 2.05) is 0 Å². The fourth-order valence-corrected chi connectivity index (χ4v) is 6.82. The molecule has 0 aromatic heterocycles. The van der Waals surface area contributed by atoms with Crippen LogP contribution in [-0.4, -0.2) is 105 Å². The third-order valence-electron chi connectivity index (χ3n) is 9.55. The molecule has 0 unspecified atom stereocenters. The van der Waals surface area contributed by atoms with Crippen LogP contribution in [0, 0.1) is 23.7 Å². The molecule has 0 spiro atoms. The molecule has 2 saturated heterocycles. The molecular weight excluding hydrogens is 616 g/mol. The summed E-state index contributed by atoms with van der Waals surface area (Å²) in [5.74, 6) is -4.04. The minimum Gasteiger partial charge on any atom is -0.508 e. The van der Waals surface area contributed by atoms with Crippen molar-refractivity contribution in [1.82, 2.24) is 0 Å². The molecule has 12 atom stereocenters. The Labute approximate surface area is 272 Å². The van der Waals surface area contributed by atoms with Gasteiger partial charge in [-0.05, 0) is 41.5 Å². The van der Waals surface area contributed by atoms with Gasteiger partial charge < -0.3 is 49.2 Å². The second-order valence-corrected chi connectivity index (χ2v) is 13.1. The average Bonchev–Trinajstić information content (AvgIpc) is 3.47. The van der Waals surface area contributed by atoms with Crippen LogP contribution in [0.4, 0.5) is 0 Å². The van der Waals surface area contributed by atoms with Gasteiger partial charge in [0.05, 0.1) is 18.4 Å². The Bertz CT molecular complexity index is 1400. The number of carbonyl (C=O) groups excluding carboxylic acids is 3. The number of hydrogen-bond acceptors (Lipinski definition) is 13. The molecule has 2 saturated carbocycles. The first-order valence-corrected chi connectivity index (χ1v) is 15.6. The summed E-state index contributed by atoms with van der Waals surface area (Å²) in [5.41, 5.74) is 1.89. The van der Waals surface area contributed by atoms with Crippen LogP contribution in [0.25, 0.3) is 0 Å². The molecule has 13 heteroatoms. The first-order chi connectivity index (χ1) is 22.2. The van der Waals surface area contributed by atoms with E-state index in [-0.39, 0.29) is 42.4 Å². The minimum absolute atomic E-state index is 0.0468. The topological polar surface area (TPSA) is 199 Å². The maximum absolute atomic E-state index is 12.7. The van der Waals surface area contributed by atoms with Gasteiger partial charge in [0.25, 0.3) is 0 Å². The molecule has 2 aliphatic heterocycles. The number of hydrogen-bond donors (Lipinski definition) is 5. The number of carbonyl (C=O) groups is 3. The fraction of sp³-hybridized carbons (Fsp3) is 0.559. The van der Waals surface area contributed by atoms with Crippen molar-refractivity contribution in [3.05, 3.63) is 66.3 Å². The molecule has 47 heavy (non-hydrogen) atoms. The maximum Gasteiger partial charge on any atom is 0.335 e. The van der Waals surface area contributed by atoms with Crippen molar-refractivity contribution in [1.29, 1.82) is 0 Å². The van der Waals surface area contributed by atoms with Crippen molar-refractivity contribution >= 4 is 17.9 Å². The molecule has 256 valence electrons. The highest BCUT2D eigenvalue weighted by Gasteiger charge is 2.58. The Hall–Kier alpha value is -3.59. The zero-order valence-corrected chi connectivity index (χ0v) is 26.3. The van der Waals surface area contributed by atoms with E-state index in [9.17, 15) is 39.9 Å². The number of fused-ring (bicyclic) bond motifs is 3. The summed E-state index contributed by atoms with van der Waals surface area (Å²) < 4.78 is 28.7. The molecule has 4 fully saturated rings. The number of ether oxygens (including phenoxy) is 5. The van der Waals surface area contributed by atoms with Crippen LogP contribution in [0.3, 0.4) is 0 Å². The third-order valence-corrected chi connectivity index (χ3v) is 9.55. The predicted molar refractivity (Wildman–Crippen MR) is 162 cm³/mol. The summed E-state index contributed by atoms with van der Waals surface area (Å²) in [6.07, 6.45) is -11.1. The lowest BCUT2D eigenvalue weighted by Crippen LogP contribution is -2.60. The fourth-order valence-electron chi connectivity index (χ4n) is 6.82. The highest BCUT2D eigenvalue weighted by molar-refractivity contribution is 5.91. The van der Waals surface area contributed by atoms with Gasteiger partial charge >= 0.3 is 17.9 Å². The van der Waals surface area contributed by atoms with E-state index in [2.05, 4.69) is 19.7 Å². The molecule has 2 heterocycles. The largest absolute Gasteiger partial charge is 0.508 e. The zero-order valence-electron chi connectivity index (χ0n) is 26.3. The van der Waals surface area contributed by atoms with Gasteiger partial charge in [-0.3, -0.25) is 4.79 Å². The Morgan fingerprint density at radius 3 is 2.36 bits per heavy atom. The van der Waals surface area contributed by atoms with E-state index in [4.69, 9.17) is 23.7 Å². The van der Waals surface area contributed by atoms with Crippen LogP contribution >= 0.6 is 0 Å². The average molecular weight is 659 g/mol.